The summed E-state index contributed by atoms with van der Waals surface area (Å²) < 4.78 is 5.73. The zero-order chi connectivity index (χ0) is 17.6. The minimum Gasteiger partial charge on any atom is -0.494 e. The molecule has 1 aliphatic heterocycles. The fourth-order valence-corrected chi connectivity index (χ4v) is 3.80. The lowest BCUT2D eigenvalue weighted by atomic mass is 10.1. The van der Waals surface area contributed by atoms with Gasteiger partial charge in [0.15, 0.2) is 5.17 Å². The monoisotopic (exact) mass is 358 g/mol. The maximum Gasteiger partial charge on any atom is 0.264 e. The summed E-state index contributed by atoms with van der Waals surface area (Å²) in [6, 6.07) is 8.26. The minimum atomic E-state index is -0.0565. The van der Waals surface area contributed by atoms with Crippen LogP contribution in [0, 0.1) is 5.92 Å². The Kier molecular flexibility index (Phi) is 6.19. The number of nitrogens with zero attached hydrogens (tertiary/aromatic N) is 1. The number of ether oxygens (including phenoxy) is 1. The van der Waals surface area contributed by atoms with Crippen molar-refractivity contribution < 1.29 is 9.53 Å². The maximum absolute atomic E-state index is 12.1. The van der Waals surface area contributed by atoms with Gasteiger partial charge in [-0.2, -0.15) is 0 Å². The Hall–Kier alpha value is -1.75. The molecule has 0 atom stereocenters. The summed E-state index contributed by atoms with van der Waals surface area (Å²) in [4.78, 5) is 17.5. The topological polar surface area (TPSA) is 50.7 Å². The number of carbonyl (C=O) groups excluding carboxylic acids is 1. The van der Waals surface area contributed by atoms with E-state index in [0.29, 0.717) is 16.9 Å². The van der Waals surface area contributed by atoms with Crippen LogP contribution < -0.4 is 10.1 Å². The van der Waals surface area contributed by atoms with Crippen molar-refractivity contribution in [1.82, 2.24) is 5.32 Å². The maximum atomic E-state index is 12.1. The summed E-state index contributed by atoms with van der Waals surface area (Å²) >= 11 is 1.44. The molecule has 1 N–H and O–H groups in total. The van der Waals surface area contributed by atoms with Crippen molar-refractivity contribution in [2.24, 2.45) is 10.9 Å². The molecule has 0 bridgehead atoms. The third-order valence-electron chi connectivity index (χ3n) is 4.42. The van der Waals surface area contributed by atoms with Gasteiger partial charge in [-0.3, -0.25) is 9.79 Å². The van der Waals surface area contributed by atoms with Crippen molar-refractivity contribution in [2.75, 3.05) is 6.61 Å². The van der Waals surface area contributed by atoms with Crippen molar-refractivity contribution in [3.63, 3.8) is 0 Å². The van der Waals surface area contributed by atoms with Gasteiger partial charge in [-0.05, 0) is 60.7 Å². The fourth-order valence-electron chi connectivity index (χ4n) is 2.91. The minimum absolute atomic E-state index is 0.0565. The molecule has 0 unspecified atom stereocenters. The first-order chi connectivity index (χ1) is 12.1. The van der Waals surface area contributed by atoms with Crippen LogP contribution in [-0.2, 0) is 4.79 Å². The van der Waals surface area contributed by atoms with Gasteiger partial charge in [0.2, 0.25) is 0 Å². The molecule has 1 aromatic carbocycles. The summed E-state index contributed by atoms with van der Waals surface area (Å²) in [5, 5.41) is 3.63. The summed E-state index contributed by atoms with van der Waals surface area (Å²) in [5.41, 5.74) is 0.996. The van der Waals surface area contributed by atoms with E-state index in [1.165, 1.54) is 24.6 Å². The molecule has 1 aliphatic carbocycles. The summed E-state index contributed by atoms with van der Waals surface area (Å²) in [6.07, 6.45) is 7.72. The number of aliphatic imine (C=N–C) groups is 1. The number of thioether (sulfide) groups is 1. The van der Waals surface area contributed by atoms with Crippen molar-refractivity contribution in [2.45, 2.75) is 52.0 Å². The first kappa shape index (κ1) is 18.1. The Morgan fingerprint density at radius 2 is 2.00 bits per heavy atom. The molecule has 1 amide bonds. The van der Waals surface area contributed by atoms with Crippen LogP contribution in [0.5, 0.6) is 5.75 Å². The molecule has 1 saturated heterocycles. The van der Waals surface area contributed by atoms with Gasteiger partial charge in [0.1, 0.15) is 5.75 Å². The van der Waals surface area contributed by atoms with Gasteiger partial charge < -0.3 is 10.1 Å². The quantitative estimate of drug-likeness (QED) is 0.755. The molecule has 25 heavy (non-hydrogen) atoms. The average Bonchev–Trinajstić information content (AvgIpc) is 3.19. The molecule has 1 heterocycles. The smallest absolute Gasteiger partial charge is 0.264 e. The van der Waals surface area contributed by atoms with Gasteiger partial charge in [-0.1, -0.05) is 38.8 Å². The number of rotatable bonds is 6. The highest BCUT2D eigenvalue weighted by Gasteiger charge is 2.25. The zero-order valence-electron chi connectivity index (χ0n) is 15.0. The van der Waals surface area contributed by atoms with E-state index in [0.717, 1.165) is 42.3 Å². The van der Waals surface area contributed by atoms with Crippen LogP contribution in [0.15, 0.2) is 34.2 Å². The second kappa shape index (κ2) is 8.56. The fraction of sp³-hybridized carbons (Fsp3) is 0.500. The van der Waals surface area contributed by atoms with Crippen LogP contribution in [-0.4, -0.2) is 23.7 Å². The van der Waals surface area contributed by atoms with Gasteiger partial charge in [0.05, 0.1) is 17.6 Å². The first-order valence-corrected chi connectivity index (χ1v) is 9.93. The van der Waals surface area contributed by atoms with E-state index in [4.69, 9.17) is 4.74 Å². The highest BCUT2D eigenvalue weighted by atomic mass is 32.2. The zero-order valence-corrected chi connectivity index (χ0v) is 15.8. The summed E-state index contributed by atoms with van der Waals surface area (Å²) in [6.45, 7) is 5.11. The molecule has 2 fully saturated rings. The Labute approximate surface area is 154 Å². The highest BCUT2D eigenvalue weighted by molar-refractivity contribution is 8.18. The van der Waals surface area contributed by atoms with Crippen LogP contribution in [0.4, 0.5) is 0 Å². The lowest BCUT2D eigenvalue weighted by molar-refractivity contribution is -0.115. The molecule has 4 nitrogen and oxygen atoms in total. The number of hydrogen-bond acceptors (Lipinski definition) is 4. The van der Waals surface area contributed by atoms with Crippen LogP contribution in [0.25, 0.3) is 6.08 Å². The predicted octanol–water partition coefficient (Wildman–Crippen LogP) is 4.61. The largest absolute Gasteiger partial charge is 0.494 e. The molecule has 1 saturated carbocycles. The van der Waals surface area contributed by atoms with Gasteiger partial charge in [0.25, 0.3) is 5.91 Å². The Morgan fingerprint density at radius 3 is 2.68 bits per heavy atom. The molecule has 0 spiro atoms. The van der Waals surface area contributed by atoms with Gasteiger partial charge >= 0.3 is 0 Å². The Bertz CT molecular complexity index is 659. The van der Waals surface area contributed by atoms with Crippen LogP contribution in [0.2, 0.25) is 0 Å². The van der Waals surface area contributed by atoms with E-state index in [1.807, 2.05) is 30.3 Å². The van der Waals surface area contributed by atoms with Crippen molar-refractivity contribution in [3.05, 3.63) is 34.7 Å². The standard InChI is InChI=1S/C20H26N2O2S/c1-14(2)11-12-24-17-9-7-15(8-10-17)13-18-19(23)22-20(25-18)21-16-5-3-4-6-16/h7-10,13-14,16H,3-6,11-12H2,1-2H3,(H,21,22,23)/b18-13+. The Morgan fingerprint density at radius 1 is 1.28 bits per heavy atom. The average molecular weight is 359 g/mol. The van der Waals surface area contributed by atoms with E-state index in [1.54, 1.807) is 0 Å². The number of benzene rings is 1. The summed E-state index contributed by atoms with van der Waals surface area (Å²) in [5.74, 6) is 1.45. The Balaban J connectivity index is 1.59. The first-order valence-electron chi connectivity index (χ1n) is 9.12. The van der Waals surface area contributed by atoms with E-state index >= 15 is 0 Å². The predicted molar refractivity (Wildman–Crippen MR) is 105 cm³/mol. The molecule has 5 heteroatoms. The number of nitrogens with one attached hydrogen (secondary N) is 1. The van der Waals surface area contributed by atoms with Crippen molar-refractivity contribution >= 4 is 28.9 Å². The number of amides is 1. The van der Waals surface area contributed by atoms with E-state index in [2.05, 4.69) is 24.2 Å². The molecule has 134 valence electrons. The number of hydrogen-bond donors (Lipinski definition) is 1. The lowest BCUT2D eigenvalue weighted by Crippen LogP contribution is -2.21. The van der Waals surface area contributed by atoms with Crippen LogP contribution in [0.1, 0.15) is 51.5 Å². The number of carbonyl (C=O) groups is 1. The van der Waals surface area contributed by atoms with Gasteiger partial charge in [0, 0.05) is 0 Å². The molecule has 0 radical (unpaired) electrons. The van der Waals surface area contributed by atoms with Crippen molar-refractivity contribution in [3.8, 4) is 5.75 Å². The highest BCUT2D eigenvalue weighted by Crippen LogP contribution is 2.29. The lowest BCUT2D eigenvalue weighted by Gasteiger charge is -2.08. The molecule has 1 aromatic rings. The third kappa shape index (κ3) is 5.36. The molecule has 2 aliphatic rings. The molecular weight excluding hydrogens is 332 g/mol. The molecule has 3 rings (SSSR count). The van der Waals surface area contributed by atoms with Crippen LogP contribution >= 0.6 is 11.8 Å². The normalized spacial score (nSPS) is 21.5. The van der Waals surface area contributed by atoms with E-state index in [9.17, 15) is 4.79 Å². The van der Waals surface area contributed by atoms with E-state index in [-0.39, 0.29) is 5.91 Å². The van der Waals surface area contributed by atoms with Gasteiger partial charge in [-0.25, -0.2) is 0 Å². The second-order valence-corrected chi connectivity index (χ2v) is 8.07. The number of amidine groups is 1. The van der Waals surface area contributed by atoms with Crippen LogP contribution in [0.3, 0.4) is 0 Å². The summed E-state index contributed by atoms with van der Waals surface area (Å²) in [7, 11) is 0. The van der Waals surface area contributed by atoms with Gasteiger partial charge in [-0.15, -0.1) is 0 Å². The second-order valence-electron chi connectivity index (χ2n) is 7.04. The van der Waals surface area contributed by atoms with Crippen molar-refractivity contribution in [1.29, 1.82) is 0 Å². The molecule has 0 aromatic heterocycles. The SMILES string of the molecule is CC(C)CCOc1ccc(/C=C2/SC(=NC3CCCC3)NC2=O)cc1. The third-order valence-corrected chi connectivity index (χ3v) is 5.34. The molecular formula is C20H26N2O2S. The van der Waals surface area contributed by atoms with E-state index < -0.39 is 0 Å².